The molecule has 1 N–H and O–H groups in total. The van der Waals surface area contributed by atoms with Crippen LogP contribution in [0.15, 0.2) is 42.5 Å². The lowest BCUT2D eigenvalue weighted by Crippen LogP contribution is -2.37. The van der Waals surface area contributed by atoms with Crippen LogP contribution in [0.5, 0.6) is 5.75 Å². The number of morpholine rings is 1. The van der Waals surface area contributed by atoms with Gasteiger partial charge in [-0.3, -0.25) is 4.79 Å². The third kappa shape index (κ3) is 5.73. The molecule has 1 aliphatic heterocycles. The van der Waals surface area contributed by atoms with Gasteiger partial charge >= 0.3 is 5.97 Å². The van der Waals surface area contributed by atoms with Crippen molar-refractivity contribution in [1.82, 2.24) is 0 Å². The summed E-state index contributed by atoms with van der Waals surface area (Å²) in [5.74, 6) is -0.0324. The number of ether oxygens (including phenoxy) is 3. The van der Waals surface area contributed by atoms with Gasteiger partial charge in [-0.25, -0.2) is 4.79 Å². The summed E-state index contributed by atoms with van der Waals surface area (Å²) in [6.45, 7) is 6.71. The molecule has 1 amide bonds. The number of nitrogens with one attached hydrogen (secondary N) is 1. The topological polar surface area (TPSA) is 77.1 Å². The Labute approximate surface area is 176 Å². The number of hydrogen-bond acceptors (Lipinski definition) is 6. The lowest BCUT2D eigenvalue weighted by Gasteiger charge is -2.30. The molecule has 1 saturated heterocycles. The van der Waals surface area contributed by atoms with Gasteiger partial charge in [-0.15, -0.1) is 0 Å². The number of hydrogen-bond donors (Lipinski definition) is 1. The zero-order valence-electron chi connectivity index (χ0n) is 17.5. The first-order valence-electron chi connectivity index (χ1n) is 10.2. The Morgan fingerprint density at radius 3 is 2.63 bits per heavy atom. The molecule has 0 aromatic heterocycles. The number of esters is 1. The minimum atomic E-state index is -0.398. The largest absolute Gasteiger partial charge is 0.483 e. The Kier molecular flexibility index (Phi) is 7.68. The van der Waals surface area contributed by atoms with Crippen LogP contribution in [0.25, 0.3) is 0 Å². The molecule has 1 heterocycles. The van der Waals surface area contributed by atoms with Gasteiger partial charge in [-0.2, -0.15) is 0 Å². The fourth-order valence-electron chi connectivity index (χ4n) is 3.19. The number of aryl methyl sites for hydroxylation is 1. The standard InChI is InChI=1S/C23H28N2O5/c1-3-12-29-23(27)19-15-18(8-9-20(19)25-10-13-28-14-11-25)24-22(26)16-30-21-7-5-4-6-17(21)2/h4-9,15H,3,10-14,16H2,1-2H3,(H,24,26). The molecular formula is C23H28N2O5. The molecular weight excluding hydrogens is 384 g/mol. The number of para-hydroxylation sites is 1. The normalized spacial score (nSPS) is 13.6. The number of amides is 1. The van der Waals surface area contributed by atoms with Crippen molar-refractivity contribution in [3.05, 3.63) is 53.6 Å². The quantitative estimate of drug-likeness (QED) is 0.670. The predicted octanol–water partition coefficient (Wildman–Crippen LogP) is 3.42. The van der Waals surface area contributed by atoms with Gasteiger partial charge in [0.2, 0.25) is 0 Å². The van der Waals surface area contributed by atoms with Gasteiger partial charge in [-0.1, -0.05) is 25.1 Å². The second-order valence-corrected chi connectivity index (χ2v) is 7.07. The summed E-state index contributed by atoms with van der Waals surface area (Å²) in [5, 5.41) is 2.80. The van der Waals surface area contributed by atoms with Gasteiger partial charge in [-0.05, 0) is 43.2 Å². The number of anilines is 2. The van der Waals surface area contributed by atoms with Crippen molar-refractivity contribution in [2.75, 3.05) is 49.7 Å². The first-order valence-corrected chi connectivity index (χ1v) is 10.2. The van der Waals surface area contributed by atoms with Crippen LogP contribution in [-0.2, 0) is 14.3 Å². The molecule has 1 aliphatic rings. The third-order valence-electron chi connectivity index (χ3n) is 4.74. The van der Waals surface area contributed by atoms with E-state index in [-0.39, 0.29) is 12.5 Å². The van der Waals surface area contributed by atoms with E-state index in [1.165, 1.54) is 0 Å². The van der Waals surface area contributed by atoms with Crippen LogP contribution in [0.3, 0.4) is 0 Å². The molecule has 2 aromatic carbocycles. The van der Waals surface area contributed by atoms with E-state index in [0.717, 1.165) is 17.7 Å². The van der Waals surface area contributed by atoms with Crippen molar-refractivity contribution in [2.24, 2.45) is 0 Å². The summed E-state index contributed by atoms with van der Waals surface area (Å²) in [7, 11) is 0. The van der Waals surface area contributed by atoms with Crippen molar-refractivity contribution in [3.8, 4) is 5.75 Å². The van der Waals surface area contributed by atoms with E-state index in [2.05, 4.69) is 10.2 Å². The zero-order chi connectivity index (χ0) is 21.3. The lowest BCUT2D eigenvalue weighted by molar-refractivity contribution is -0.118. The van der Waals surface area contributed by atoms with E-state index in [4.69, 9.17) is 14.2 Å². The van der Waals surface area contributed by atoms with Crippen molar-refractivity contribution >= 4 is 23.3 Å². The molecule has 160 valence electrons. The maximum atomic E-state index is 12.6. The van der Waals surface area contributed by atoms with Gasteiger partial charge in [0.25, 0.3) is 5.91 Å². The molecule has 0 radical (unpaired) electrons. The minimum absolute atomic E-state index is 0.119. The highest BCUT2D eigenvalue weighted by Crippen LogP contribution is 2.26. The molecule has 0 bridgehead atoms. The van der Waals surface area contributed by atoms with Crippen LogP contribution in [0, 0.1) is 6.92 Å². The fourth-order valence-corrected chi connectivity index (χ4v) is 3.19. The SMILES string of the molecule is CCCOC(=O)c1cc(NC(=O)COc2ccccc2C)ccc1N1CCOCC1. The van der Waals surface area contributed by atoms with Crippen molar-refractivity contribution in [3.63, 3.8) is 0 Å². The molecule has 7 nitrogen and oxygen atoms in total. The van der Waals surface area contributed by atoms with E-state index in [9.17, 15) is 9.59 Å². The van der Waals surface area contributed by atoms with Crippen LogP contribution in [0.4, 0.5) is 11.4 Å². The molecule has 30 heavy (non-hydrogen) atoms. The summed E-state index contributed by atoms with van der Waals surface area (Å²) in [6, 6.07) is 12.8. The van der Waals surface area contributed by atoms with Gasteiger partial charge in [0.05, 0.1) is 31.1 Å². The average Bonchev–Trinajstić information content (AvgIpc) is 2.77. The van der Waals surface area contributed by atoms with Crippen LogP contribution in [0.1, 0.15) is 29.3 Å². The Bertz CT molecular complexity index is 878. The number of carbonyl (C=O) groups is 2. The van der Waals surface area contributed by atoms with Crippen LogP contribution in [-0.4, -0.2) is 51.4 Å². The molecule has 0 spiro atoms. The number of carbonyl (C=O) groups excluding carboxylic acids is 2. The second kappa shape index (κ2) is 10.6. The molecule has 3 rings (SSSR count). The fraction of sp³-hybridized carbons (Fsp3) is 0.391. The second-order valence-electron chi connectivity index (χ2n) is 7.07. The summed E-state index contributed by atoms with van der Waals surface area (Å²) in [6.07, 6.45) is 0.741. The third-order valence-corrected chi connectivity index (χ3v) is 4.74. The predicted molar refractivity (Wildman–Crippen MR) is 115 cm³/mol. The summed E-state index contributed by atoms with van der Waals surface area (Å²) < 4.78 is 16.4. The summed E-state index contributed by atoms with van der Waals surface area (Å²) in [5.41, 5.74) is 2.70. The Balaban J connectivity index is 1.71. The Morgan fingerprint density at radius 2 is 1.90 bits per heavy atom. The molecule has 0 saturated carbocycles. The van der Waals surface area contributed by atoms with E-state index >= 15 is 0 Å². The van der Waals surface area contributed by atoms with Crippen molar-refractivity contribution < 1.29 is 23.8 Å². The van der Waals surface area contributed by atoms with Crippen LogP contribution < -0.4 is 15.0 Å². The van der Waals surface area contributed by atoms with Crippen LogP contribution >= 0.6 is 0 Å². The van der Waals surface area contributed by atoms with Gasteiger partial charge in [0, 0.05) is 18.8 Å². The highest BCUT2D eigenvalue weighted by atomic mass is 16.5. The van der Waals surface area contributed by atoms with E-state index in [1.54, 1.807) is 12.1 Å². The highest BCUT2D eigenvalue weighted by Gasteiger charge is 2.21. The molecule has 0 unspecified atom stereocenters. The summed E-state index contributed by atoms with van der Waals surface area (Å²) in [4.78, 5) is 27.1. The first kappa shape index (κ1) is 21.6. The van der Waals surface area contributed by atoms with E-state index in [1.807, 2.05) is 44.2 Å². The zero-order valence-corrected chi connectivity index (χ0v) is 17.5. The molecule has 2 aromatic rings. The first-order chi connectivity index (χ1) is 14.6. The molecule has 0 aliphatic carbocycles. The van der Waals surface area contributed by atoms with Crippen molar-refractivity contribution in [1.29, 1.82) is 0 Å². The number of rotatable bonds is 8. The van der Waals surface area contributed by atoms with Gasteiger partial charge < -0.3 is 24.4 Å². The van der Waals surface area contributed by atoms with E-state index < -0.39 is 5.97 Å². The highest BCUT2D eigenvalue weighted by molar-refractivity contribution is 5.99. The van der Waals surface area contributed by atoms with Crippen LogP contribution in [0.2, 0.25) is 0 Å². The molecule has 0 atom stereocenters. The minimum Gasteiger partial charge on any atom is -0.483 e. The number of benzene rings is 2. The summed E-state index contributed by atoms with van der Waals surface area (Å²) >= 11 is 0. The monoisotopic (exact) mass is 412 g/mol. The van der Waals surface area contributed by atoms with Gasteiger partial charge in [0.15, 0.2) is 6.61 Å². The average molecular weight is 412 g/mol. The number of nitrogens with zero attached hydrogens (tertiary/aromatic N) is 1. The lowest BCUT2D eigenvalue weighted by atomic mass is 10.1. The maximum Gasteiger partial charge on any atom is 0.340 e. The maximum absolute atomic E-state index is 12.6. The Morgan fingerprint density at radius 1 is 1.13 bits per heavy atom. The smallest absolute Gasteiger partial charge is 0.340 e. The van der Waals surface area contributed by atoms with Crippen molar-refractivity contribution in [2.45, 2.75) is 20.3 Å². The van der Waals surface area contributed by atoms with Gasteiger partial charge in [0.1, 0.15) is 5.75 Å². The Hall–Kier alpha value is -3.06. The molecule has 1 fully saturated rings. The van der Waals surface area contributed by atoms with E-state index in [0.29, 0.717) is 49.9 Å². The molecule has 7 heteroatoms.